The van der Waals surface area contributed by atoms with E-state index in [1.165, 1.54) is 0 Å². The average Bonchev–Trinajstić information content (AvgIpc) is 2.82. The minimum Gasteiger partial charge on any atom is -0.207 e. The van der Waals surface area contributed by atoms with Gasteiger partial charge in [-0.15, -0.1) is 11.3 Å². The molecule has 1 aromatic carbocycles. The molecule has 0 aliphatic rings. The summed E-state index contributed by atoms with van der Waals surface area (Å²) in [6.07, 6.45) is 0. The van der Waals surface area contributed by atoms with Gasteiger partial charge >= 0.3 is 0 Å². The van der Waals surface area contributed by atoms with Crippen molar-refractivity contribution in [3.8, 4) is 0 Å². The van der Waals surface area contributed by atoms with Crippen LogP contribution in [0.4, 0.5) is 0 Å². The van der Waals surface area contributed by atoms with Crippen molar-refractivity contribution < 1.29 is 8.42 Å². The number of rotatable bonds is 4. The minimum absolute atomic E-state index is 0.212. The molecule has 0 saturated heterocycles. The molecular formula is C13H15NO2S2. The SMILES string of the molecule is Cc1cccc(S(=O)(=O)NC(C)c2cccs2)c1. The van der Waals surface area contributed by atoms with Crippen molar-refractivity contribution in [3.05, 3.63) is 52.2 Å². The van der Waals surface area contributed by atoms with E-state index >= 15 is 0 Å². The Morgan fingerprint density at radius 3 is 2.61 bits per heavy atom. The summed E-state index contributed by atoms with van der Waals surface area (Å²) in [6.45, 7) is 3.72. The highest BCUT2D eigenvalue weighted by Gasteiger charge is 2.18. The van der Waals surface area contributed by atoms with Crippen molar-refractivity contribution in [1.82, 2.24) is 4.72 Å². The van der Waals surface area contributed by atoms with Crippen molar-refractivity contribution in [2.45, 2.75) is 24.8 Å². The van der Waals surface area contributed by atoms with Crippen LogP contribution in [0.5, 0.6) is 0 Å². The second-order valence-corrected chi connectivity index (χ2v) is 6.87. The highest BCUT2D eigenvalue weighted by molar-refractivity contribution is 7.89. The zero-order chi connectivity index (χ0) is 13.2. The Balaban J connectivity index is 2.22. The molecule has 5 heteroatoms. The highest BCUT2D eigenvalue weighted by Crippen LogP contribution is 2.21. The van der Waals surface area contributed by atoms with Crippen LogP contribution in [-0.4, -0.2) is 8.42 Å². The van der Waals surface area contributed by atoms with E-state index in [-0.39, 0.29) is 6.04 Å². The molecule has 0 aliphatic heterocycles. The van der Waals surface area contributed by atoms with Gasteiger partial charge in [-0.2, -0.15) is 0 Å². The summed E-state index contributed by atoms with van der Waals surface area (Å²) in [5.74, 6) is 0. The number of sulfonamides is 1. The van der Waals surface area contributed by atoms with Gasteiger partial charge in [0.05, 0.1) is 10.9 Å². The Morgan fingerprint density at radius 1 is 1.22 bits per heavy atom. The predicted octanol–water partition coefficient (Wildman–Crippen LogP) is 3.10. The van der Waals surface area contributed by atoms with E-state index in [2.05, 4.69) is 4.72 Å². The molecule has 2 rings (SSSR count). The summed E-state index contributed by atoms with van der Waals surface area (Å²) in [5.41, 5.74) is 0.932. The number of aryl methyl sites for hydroxylation is 1. The third kappa shape index (κ3) is 2.98. The van der Waals surface area contributed by atoms with Crippen LogP contribution < -0.4 is 4.72 Å². The van der Waals surface area contributed by atoms with E-state index in [1.807, 2.05) is 37.4 Å². The molecule has 0 radical (unpaired) electrons. The normalized spacial score (nSPS) is 13.4. The predicted molar refractivity (Wildman–Crippen MR) is 74.2 cm³/mol. The molecule has 1 N–H and O–H groups in total. The largest absolute Gasteiger partial charge is 0.241 e. The van der Waals surface area contributed by atoms with E-state index in [0.29, 0.717) is 4.90 Å². The number of nitrogens with one attached hydrogen (secondary N) is 1. The number of thiophene rings is 1. The topological polar surface area (TPSA) is 46.2 Å². The molecule has 0 saturated carbocycles. The molecular weight excluding hydrogens is 266 g/mol. The van der Waals surface area contributed by atoms with Crippen molar-refractivity contribution >= 4 is 21.4 Å². The summed E-state index contributed by atoms with van der Waals surface area (Å²) >= 11 is 1.54. The lowest BCUT2D eigenvalue weighted by atomic mass is 10.2. The van der Waals surface area contributed by atoms with E-state index in [0.717, 1.165) is 10.4 Å². The van der Waals surface area contributed by atoms with Crippen LogP contribution in [0.3, 0.4) is 0 Å². The Labute approximate surface area is 112 Å². The number of hydrogen-bond acceptors (Lipinski definition) is 3. The zero-order valence-electron chi connectivity index (χ0n) is 10.3. The van der Waals surface area contributed by atoms with Crippen LogP contribution in [0.2, 0.25) is 0 Å². The molecule has 1 heterocycles. The van der Waals surface area contributed by atoms with Crippen molar-refractivity contribution in [2.75, 3.05) is 0 Å². The highest BCUT2D eigenvalue weighted by atomic mass is 32.2. The van der Waals surface area contributed by atoms with Gasteiger partial charge in [0.15, 0.2) is 0 Å². The van der Waals surface area contributed by atoms with Crippen LogP contribution in [0.15, 0.2) is 46.7 Å². The molecule has 3 nitrogen and oxygen atoms in total. The standard InChI is InChI=1S/C13H15NO2S2/c1-10-5-3-6-12(9-10)18(15,16)14-11(2)13-7-4-8-17-13/h3-9,11,14H,1-2H3. The first-order chi connectivity index (χ1) is 8.49. The molecule has 0 fully saturated rings. The third-order valence-corrected chi connectivity index (χ3v) is 5.20. The first kappa shape index (κ1) is 13.3. The Bertz CT molecular complexity index is 618. The minimum atomic E-state index is -3.45. The first-order valence-corrected chi connectivity index (χ1v) is 7.98. The second kappa shape index (κ2) is 5.22. The summed E-state index contributed by atoms with van der Waals surface area (Å²) in [4.78, 5) is 1.32. The zero-order valence-corrected chi connectivity index (χ0v) is 11.9. The fraction of sp³-hybridized carbons (Fsp3) is 0.231. The Morgan fingerprint density at radius 2 is 2.00 bits per heavy atom. The van der Waals surface area contributed by atoms with Gasteiger partial charge in [-0.3, -0.25) is 0 Å². The molecule has 0 spiro atoms. The van der Waals surface area contributed by atoms with Crippen molar-refractivity contribution in [2.24, 2.45) is 0 Å². The quantitative estimate of drug-likeness (QED) is 0.936. The lowest BCUT2D eigenvalue weighted by molar-refractivity contribution is 0.568. The fourth-order valence-corrected chi connectivity index (χ4v) is 3.82. The van der Waals surface area contributed by atoms with Gasteiger partial charge in [0.2, 0.25) is 10.0 Å². The van der Waals surface area contributed by atoms with Crippen LogP contribution in [-0.2, 0) is 10.0 Å². The number of benzene rings is 1. The lowest BCUT2D eigenvalue weighted by Gasteiger charge is -2.13. The molecule has 18 heavy (non-hydrogen) atoms. The van der Waals surface area contributed by atoms with Gasteiger partial charge in [0.25, 0.3) is 0 Å². The van der Waals surface area contributed by atoms with Gasteiger partial charge in [-0.05, 0) is 43.0 Å². The van der Waals surface area contributed by atoms with E-state index in [9.17, 15) is 8.42 Å². The van der Waals surface area contributed by atoms with Gasteiger partial charge in [0.1, 0.15) is 0 Å². The van der Waals surface area contributed by atoms with E-state index in [1.54, 1.807) is 29.5 Å². The van der Waals surface area contributed by atoms with Crippen LogP contribution in [0.1, 0.15) is 23.4 Å². The summed E-state index contributed by atoms with van der Waals surface area (Å²) in [7, 11) is -3.45. The number of hydrogen-bond donors (Lipinski definition) is 1. The summed E-state index contributed by atoms with van der Waals surface area (Å²) < 4.78 is 27.1. The molecule has 0 aliphatic carbocycles. The van der Waals surface area contributed by atoms with Crippen LogP contribution >= 0.6 is 11.3 Å². The Hall–Kier alpha value is -1.17. The molecule has 0 amide bonds. The Kier molecular flexibility index (Phi) is 3.85. The van der Waals surface area contributed by atoms with Crippen molar-refractivity contribution in [1.29, 1.82) is 0 Å². The monoisotopic (exact) mass is 281 g/mol. The van der Waals surface area contributed by atoms with Crippen LogP contribution in [0.25, 0.3) is 0 Å². The molecule has 2 aromatic rings. The fourth-order valence-electron chi connectivity index (χ4n) is 1.68. The van der Waals surface area contributed by atoms with E-state index in [4.69, 9.17) is 0 Å². The van der Waals surface area contributed by atoms with E-state index < -0.39 is 10.0 Å². The summed E-state index contributed by atoms with van der Waals surface area (Å²) in [5, 5.41) is 1.94. The van der Waals surface area contributed by atoms with Gasteiger partial charge in [0, 0.05) is 4.88 Å². The molecule has 1 aromatic heterocycles. The maximum absolute atomic E-state index is 12.2. The van der Waals surface area contributed by atoms with Gasteiger partial charge in [-0.1, -0.05) is 18.2 Å². The first-order valence-electron chi connectivity index (χ1n) is 5.61. The van der Waals surface area contributed by atoms with Crippen molar-refractivity contribution in [3.63, 3.8) is 0 Å². The van der Waals surface area contributed by atoms with Gasteiger partial charge in [-0.25, -0.2) is 13.1 Å². The van der Waals surface area contributed by atoms with Gasteiger partial charge < -0.3 is 0 Å². The molecule has 1 unspecified atom stereocenters. The molecule has 1 atom stereocenters. The maximum atomic E-state index is 12.2. The smallest absolute Gasteiger partial charge is 0.207 e. The average molecular weight is 281 g/mol. The second-order valence-electron chi connectivity index (χ2n) is 4.17. The lowest BCUT2D eigenvalue weighted by Crippen LogP contribution is -2.26. The summed E-state index contributed by atoms with van der Waals surface area (Å²) in [6, 6.07) is 10.5. The molecule has 96 valence electrons. The third-order valence-electron chi connectivity index (χ3n) is 2.60. The maximum Gasteiger partial charge on any atom is 0.241 e. The van der Waals surface area contributed by atoms with Crippen LogP contribution in [0, 0.1) is 6.92 Å². The molecule has 0 bridgehead atoms.